The van der Waals surface area contributed by atoms with E-state index in [9.17, 15) is 13.2 Å². The second-order valence-electron chi connectivity index (χ2n) is 8.48. The maximum Gasteiger partial charge on any atom is 0.243 e. The number of benzene rings is 3. The van der Waals surface area contributed by atoms with Gasteiger partial charge in [-0.2, -0.15) is 4.31 Å². The van der Waals surface area contributed by atoms with Crippen LogP contribution in [0.3, 0.4) is 0 Å². The zero-order chi connectivity index (χ0) is 24.1. The largest absolute Gasteiger partial charge is 0.379 e. The van der Waals surface area contributed by atoms with Crippen LogP contribution in [-0.4, -0.2) is 31.7 Å². The van der Waals surface area contributed by atoms with E-state index in [1.165, 1.54) is 22.0 Å². The molecule has 34 heavy (non-hydrogen) atoms. The molecule has 8 heteroatoms. The first-order valence-electron chi connectivity index (χ1n) is 11.3. The van der Waals surface area contributed by atoms with Gasteiger partial charge in [-0.15, -0.1) is 0 Å². The number of amides is 1. The van der Waals surface area contributed by atoms with Crippen LogP contribution in [0, 0.1) is 5.92 Å². The lowest BCUT2D eigenvalue weighted by Gasteiger charge is -2.30. The minimum atomic E-state index is -3.59. The van der Waals surface area contributed by atoms with E-state index in [2.05, 4.69) is 29.7 Å². The predicted octanol–water partition coefficient (Wildman–Crippen LogP) is 5.55. The standard InChI is InChI=1S/C26H28ClN3O3S/c1-19(20-5-3-2-4-6-20)28-23-9-11-24(12-10-23)29-26(31)21-15-17-30(18-16-21)34(32,33)25-13-7-22(27)8-14-25/h2-14,19,21,28H,15-18H2,1H3,(H,29,31). The maximum absolute atomic E-state index is 12.8. The molecule has 0 aliphatic carbocycles. The number of nitrogens with one attached hydrogen (secondary N) is 2. The number of piperidine rings is 1. The zero-order valence-electron chi connectivity index (χ0n) is 18.9. The van der Waals surface area contributed by atoms with Gasteiger partial charge in [0, 0.05) is 41.4 Å². The van der Waals surface area contributed by atoms with Crippen molar-refractivity contribution >= 4 is 38.9 Å². The van der Waals surface area contributed by atoms with E-state index in [0.29, 0.717) is 31.0 Å². The monoisotopic (exact) mass is 497 g/mol. The molecule has 1 fully saturated rings. The van der Waals surface area contributed by atoms with Crippen molar-refractivity contribution in [3.05, 3.63) is 89.4 Å². The fraction of sp³-hybridized carbons (Fsp3) is 0.269. The number of carbonyl (C=O) groups is 1. The fourth-order valence-electron chi connectivity index (χ4n) is 4.08. The lowest BCUT2D eigenvalue weighted by atomic mass is 9.97. The molecule has 1 heterocycles. The first-order valence-corrected chi connectivity index (χ1v) is 13.1. The molecule has 3 aromatic rings. The van der Waals surface area contributed by atoms with Crippen molar-refractivity contribution in [1.29, 1.82) is 0 Å². The van der Waals surface area contributed by atoms with Gasteiger partial charge in [0.25, 0.3) is 0 Å². The van der Waals surface area contributed by atoms with Crippen LogP contribution in [0.4, 0.5) is 11.4 Å². The second-order valence-corrected chi connectivity index (χ2v) is 10.8. The minimum Gasteiger partial charge on any atom is -0.379 e. The van der Waals surface area contributed by atoms with E-state index < -0.39 is 10.0 Å². The lowest BCUT2D eigenvalue weighted by Crippen LogP contribution is -2.41. The van der Waals surface area contributed by atoms with Crippen LogP contribution in [0.15, 0.2) is 83.8 Å². The van der Waals surface area contributed by atoms with Gasteiger partial charge in [-0.1, -0.05) is 41.9 Å². The first-order chi connectivity index (χ1) is 16.3. The Balaban J connectivity index is 1.29. The summed E-state index contributed by atoms with van der Waals surface area (Å²) in [4.78, 5) is 13.0. The van der Waals surface area contributed by atoms with Crippen LogP contribution in [0.1, 0.15) is 31.4 Å². The van der Waals surface area contributed by atoms with Crippen molar-refractivity contribution in [2.45, 2.75) is 30.7 Å². The number of nitrogens with zero attached hydrogens (tertiary/aromatic N) is 1. The van der Waals surface area contributed by atoms with Crippen LogP contribution in [0.2, 0.25) is 5.02 Å². The van der Waals surface area contributed by atoms with Gasteiger partial charge >= 0.3 is 0 Å². The number of rotatable bonds is 7. The van der Waals surface area contributed by atoms with E-state index in [4.69, 9.17) is 11.6 Å². The van der Waals surface area contributed by atoms with Gasteiger partial charge in [0.1, 0.15) is 0 Å². The Morgan fingerprint density at radius 2 is 1.50 bits per heavy atom. The summed E-state index contributed by atoms with van der Waals surface area (Å²) in [5, 5.41) is 6.91. The topological polar surface area (TPSA) is 78.5 Å². The summed E-state index contributed by atoms with van der Waals surface area (Å²) in [6.45, 7) is 2.72. The minimum absolute atomic E-state index is 0.0816. The van der Waals surface area contributed by atoms with E-state index in [1.54, 1.807) is 12.1 Å². The van der Waals surface area contributed by atoms with Gasteiger partial charge in [-0.05, 0) is 73.9 Å². The van der Waals surface area contributed by atoms with Gasteiger partial charge in [0.05, 0.1) is 4.90 Å². The molecule has 0 bridgehead atoms. The van der Waals surface area contributed by atoms with E-state index in [1.807, 2.05) is 42.5 Å². The molecule has 1 unspecified atom stereocenters. The number of sulfonamides is 1. The highest BCUT2D eigenvalue weighted by molar-refractivity contribution is 7.89. The third-order valence-electron chi connectivity index (χ3n) is 6.11. The number of hydrogen-bond donors (Lipinski definition) is 2. The summed E-state index contributed by atoms with van der Waals surface area (Å²) in [6, 6.07) is 24.1. The molecule has 178 valence electrons. The lowest BCUT2D eigenvalue weighted by molar-refractivity contribution is -0.120. The van der Waals surface area contributed by atoms with E-state index in [0.717, 1.165) is 11.4 Å². The quantitative estimate of drug-likeness (QED) is 0.448. The highest BCUT2D eigenvalue weighted by Crippen LogP contribution is 2.26. The number of halogens is 1. The Kier molecular flexibility index (Phi) is 7.56. The Bertz CT molecular complexity index is 1210. The van der Waals surface area contributed by atoms with Crippen molar-refractivity contribution in [3.63, 3.8) is 0 Å². The van der Waals surface area contributed by atoms with Gasteiger partial charge in [-0.3, -0.25) is 4.79 Å². The van der Waals surface area contributed by atoms with E-state index in [-0.39, 0.29) is 22.8 Å². The van der Waals surface area contributed by atoms with Gasteiger partial charge in [0.15, 0.2) is 0 Å². The van der Waals surface area contributed by atoms with Crippen molar-refractivity contribution < 1.29 is 13.2 Å². The maximum atomic E-state index is 12.8. The Labute approximate surface area is 206 Å². The number of hydrogen-bond acceptors (Lipinski definition) is 4. The molecule has 1 aliphatic rings. The average Bonchev–Trinajstić information content (AvgIpc) is 2.86. The fourth-order valence-corrected chi connectivity index (χ4v) is 5.68. The molecule has 6 nitrogen and oxygen atoms in total. The molecule has 1 atom stereocenters. The molecule has 0 spiro atoms. The van der Waals surface area contributed by atoms with E-state index >= 15 is 0 Å². The van der Waals surface area contributed by atoms with Crippen LogP contribution in [-0.2, 0) is 14.8 Å². The van der Waals surface area contributed by atoms with Crippen molar-refractivity contribution in [1.82, 2.24) is 4.31 Å². The van der Waals surface area contributed by atoms with Gasteiger partial charge in [0.2, 0.25) is 15.9 Å². The van der Waals surface area contributed by atoms with Crippen molar-refractivity contribution in [2.24, 2.45) is 5.92 Å². The SMILES string of the molecule is CC(Nc1ccc(NC(=O)C2CCN(S(=O)(=O)c3ccc(Cl)cc3)CC2)cc1)c1ccccc1. The smallest absolute Gasteiger partial charge is 0.243 e. The molecule has 2 N–H and O–H groups in total. The summed E-state index contributed by atoms with van der Waals surface area (Å²) in [7, 11) is -3.59. The Hall–Kier alpha value is -2.87. The normalized spacial score (nSPS) is 16.1. The molecule has 1 aliphatic heterocycles. The Morgan fingerprint density at radius 3 is 2.12 bits per heavy atom. The first kappa shape index (κ1) is 24.3. The third kappa shape index (κ3) is 5.78. The summed E-state index contributed by atoms with van der Waals surface area (Å²) in [5.74, 6) is -0.311. The molecule has 0 aromatic heterocycles. The molecule has 4 rings (SSSR count). The van der Waals surface area contributed by atoms with Crippen molar-refractivity contribution in [3.8, 4) is 0 Å². The number of carbonyl (C=O) groups excluding carboxylic acids is 1. The molecular formula is C26H28ClN3O3S. The van der Waals surface area contributed by atoms with Crippen LogP contribution in [0.5, 0.6) is 0 Å². The van der Waals surface area contributed by atoms with Crippen LogP contribution < -0.4 is 10.6 Å². The van der Waals surface area contributed by atoms with Crippen molar-refractivity contribution in [2.75, 3.05) is 23.7 Å². The highest BCUT2D eigenvalue weighted by Gasteiger charge is 2.32. The van der Waals surface area contributed by atoms with Crippen LogP contribution >= 0.6 is 11.6 Å². The number of anilines is 2. The molecule has 3 aromatic carbocycles. The Morgan fingerprint density at radius 1 is 0.912 bits per heavy atom. The zero-order valence-corrected chi connectivity index (χ0v) is 20.5. The predicted molar refractivity (Wildman–Crippen MR) is 136 cm³/mol. The summed E-state index contributed by atoms with van der Waals surface area (Å²) < 4.78 is 27.1. The second kappa shape index (κ2) is 10.6. The summed E-state index contributed by atoms with van der Waals surface area (Å²) in [6.07, 6.45) is 0.958. The third-order valence-corrected chi connectivity index (χ3v) is 8.28. The van der Waals surface area contributed by atoms with Gasteiger partial charge < -0.3 is 10.6 Å². The molecule has 1 saturated heterocycles. The molecule has 1 amide bonds. The summed E-state index contributed by atoms with van der Waals surface area (Å²) >= 11 is 5.87. The van der Waals surface area contributed by atoms with Gasteiger partial charge in [-0.25, -0.2) is 8.42 Å². The molecular weight excluding hydrogens is 470 g/mol. The molecule has 0 saturated carbocycles. The van der Waals surface area contributed by atoms with Crippen LogP contribution in [0.25, 0.3) is 0 Å². The molecule has 0 radical (unpaired) electrons. The summed E-state index contributed by atoms with van der Waals surface area (Å²) in [5.41, 5.74) is 2.89. The average molecular weight is 498 g/mol. The highest BCUT2D eigenvalue weighted by atomic mass is 35.5.